The van der Waals surface area contributed by atoms with E-state index in [1.165, 1.54) is 26.0 Å². The van der Waals surface area contributed by atoms with E-state index in [2.05, 4.69) is 16.0 Å². The first kappa shape index (κ1) is 18.9. The van der Waals surface area contributed by atoms with Gasteiger partial charge in [-0.25, -0.2) is 4.98 Å². The number of hydrogen-bond donors (Lipinski definition) is 1. The number of rotatable bonds is 3. The van der Waals surface area contributed by atoms with Gasteiger partial charge in [-0.15, -0.1) is 18.2 Å². The Balaban J connectivity index is 0.000000476. The molecule has 163 valence electrons. The molecule has 3 aromatic heterocycles. The summed E-state index contributed by atoms with van der Waals surface area (Å²) in [5, 5.41) is 9.92. The molecular formula is C25H25IrN2O3-. The Morgan fingerprint density at radius 2 is 2.03 bits per heavy atom. The number of ketones is 1. The molecule has 0 aliphatic heterocycles. The Morgan fingerprint density at radius 1 is 1.26 bits per heavy atom. The number of aromatic nitrogens is 2. The standard InChI is InChI=1S/C20H17N2O.C5H8O2.Ir/c1-12(2)14-9-10-21-18(11-14)17-6-4-5-15-16-8-7-13(3)22-20(16)23-19(15)17;1-4(6)3-5(2)7;/h4-5,7-12H,1-3H3;3,6H,1-2H3;/q-1;;/b;4-3-;/i3D3,12D;;. The third kappa shape index (κ3) is 5.87. The maximum absolute atomic E-state index is 10.0. The van der Waals surface area contributed by atoms with Gasteiger partial charge in [0.1, 0.15) is 0 Å². The fraction of sp³-hybridized carbons (Fsp3) is 0.240. The first-order valence-electron chi connectivity index (χ1n) is 11.4. The molecule has 31 heavy (non-hydrogen) atoms. The molecule has 1 aromatic carbocycles. The van der Waals surface area contributed by atoms with Gasteiger partial charge in [-0.3, -0.25) is 4.79 Å². The van der Waals surface area contributed by atoms with Crippen molar-refractivity contribution in [3.8, 4) is 11.3 Å². The normalized spacial score (nSPS) is 13.9. The van der Waals surface area contributed by atoms with Crippen LogP contribution < -0.4 is 0 Å². The number of carbonyl (C=O) groups is 1. The summed E-state index contributed by atoms with van der Waals surface area (Å²) in [6.07, 6.45) is 2.83. The monoisotopic (exact) mass is 598 g/mol. The predicted molar refractivity (Wildman–Crippen MR) is 119 cm³/mol. The van der Waals surface area contributed by atoms with Gasteiger partial charge in [0.05, 0.1) is 11.3 Å². The van der Waals surface area contributed by atoms with Gasteiger partial charge < -0.3 is 14.5 Å². The zero-order valence-electron chi connectivity index (χ0n) is 21.6. The molecule has 5 nitrogen and oxygen atoms in total. The molecule has 0 aliphatic rings. The van der Waals surface area contributed by atoms with Crippen molar-refractivity contribution in [1.29, 1.82) is 0 Å². The average molecular weight is 598 g/mol. The Morgan fingerprint density at radius 3 is 2.65 bits per heavy atom. The van der Waals surface area contributed by atoms with Gasteiger partial charge in [-0.05, 0) is 50.5 Å². The molecule has 0 amide bonds. The molecule has 6 heteroatoms. The fourth-order valence-corrected chi connectivity index (χ4v) is 2.98. The molecule has 0 spiro atoms. The largest absolute Gasteiger partial charge is 0.512 e. The summed E-state index contributed by atoms with van der Waals surface area (Å²) in [7, 11) is 0. The van der Waals surface area contributed by atoms with Crippen LogP contribution in [0.4, 0.5) is 0 Å². The third-order valence-electron chi connectivity index (χ3n) is 4.30. The van der Waals surface area contributed by atoms with Gasteiger partial charge in [0.25, 0.3) is 0 Å². The van der Waals surface area contributed by atoms with Crippen LogP contribution in [0.1, 0.15) is 50.3 Å². The van der Waals surface area contributed by atoms with E-state index in [1.807, 2.05) is 32.0 Å². The second-order valence-corrected chi connectivity index (χ2v) is 7.07. The van der Waals surface area contributed by atoms with Gasteiger partial charge in [0.2, 0.25) is 5.71 Å². The molecule has 0 atom stereocenters. The van der Waals surface area contributed by atoms with Crippen molar-refractivity contribution >= 4 is 27.9 Å². The van der Waals surface area contributed by atoms with E-state index < -0.39 is 12.7 Å². The summed E-state index contributed by atoms with van der Waals surface area (Å²) < 4.78 is 36.8. The molecule has 0 fully saturated rings. The van der Waals surface area contributed by atoms with Gasteiger partial charge in [0.15, 0.2) is 5.78 Å². The van der Waals surface area contributed by atoms with Crippen LogP contribution in [0.5, 0.6) is 0 Å². The molecule has 0 saturated heterocycles. The smallest absolute Gasteiger partial charge is 0.216 e. The number of aliphatic hydroxyl groups excluding tert-OH is 1. The van der Waals surface area contributed by atoms with Crippen LogP contribution in [-0.2, 0) is 24.9 Å². The summed E-state index contributed by atoms with van der Waals surface area (Å²) in [5.74, 6) is -0.817. The van der Waals surface area contributed by atoms with E-state index in [0.29, 0.717) is 16.8 Å². The molecule has 0 saturated carbocycles. The predicted octanol–water partition coefficient (Wildman–Crippen LogP) is 6.31. The summed E-state index contributed by atoms with van der Waals surface area (Å²) in [4.78, 5) is 18.6. The average Bonchev–Trinajstić information content (AvgIpc) is 3.10. The number of allylic oxidation sites excluding steroid dienone is 2. The van der Waals surface area contributed by atoms with Crippen LogP contribution in [0.3, 0.4) is 0 Å². The molecule has 0 aliphatic carbocycles. The van der Waals surface area contributed by atoms with Crippen molar-refractivity contribution in [3.63, 3.8) is 0 Å². The number of pyridine rings is 2. The van der Waals surface area contributed by atoms with Gasteiger partial charge in [-0.1, -0.05) is 36.4 Å². The van der Waals surface area contributed by atoms with Crippen molar-refractivity contribution in [2.45, 2.75) is 40.4 Å². The Bertz CT molecular complexity index is 1390. The minimum atomic E-state index is -2.29. The van der Waals surface area contributed by atoms with E-state index in [-0.39, 0.29) is 43.1 Å². The minimum absolute atomic E-state index is 0. The number of aryl methyl sites for hydroxylation is 1. The molecule has 4 rings (SSSR count). The number of hydrogen-bond acceptors (Lipinski definition) is 5. The van der Waals surface area contributed by atoms with Crippen molar-refractivity contribution in [2.24, 2.45) is 0 Å². The second-order valence-electron chi connectivity index (χ2n) is 7.07. The first-order valence-corrected chi connectivity index (χ1v) is 9.36. The Kier molecular flexibility index (Phi) is 6.39. The Hall–Kier alpha value is -2.82. The molecule has 3 heterocycles. The topological polar surface area (TPSA) is 76.2 Å². The van der Waals surface area contributed by atoms with Crippen LogP contribution >= 0.6 is 0 Å². The molecule has 0 unspecified atom stereocenters. The van der Waals surface area contributed by atoms with Gasteiger partial charge in [0, 0.05) is 48.9 Å². The van der Waals surface area contributed by atoms with Crippen molar-refractivity contribution in [2.75, 3.05) is 0 Å². The number of fused-ring (bicyclic) bond motifs is 3. The maximum atomic E-state index is 10.0. The van der Waals surface area contributed by atoms with Crippen LogP contribution in [0, 0.1) is 12.9 Å². The number of benzene rings is 1. The van der Waals surface area contributed by atoms with Crippen molar-refractivity contribution < 1.29 is 39.9 Å². The van der Waals surface area contributed by atoms with Crippen LogP contribution in [0.25, 0.3) is 33.3 Å². The fourth-order valence-electron chi connectivity index (χ4n) is 2.98. The number of furan rings is 1. The summed E-state index contributed by atoms with van der Waals surface area (Å²) in [6, 6.07) is 13.7. The van der Waals surface area contributed by atoms with Gasteiger partial charge >= 0.3 is 0 Å². The van der Waals surface area contributed by atoms with E-state index in [0.717, 1.165) is 16.3 Å². The SMILES string of the molecule is CC(=O)/C=C(/C)O.[2H]C([2H])([2H])c1ccc2c(n1)oc1c(-c3cc(C([2H])(C)C)ccn3)[c-]ccc12.[Ir]. The summed E-state index contributed by atoms with van der Waals surface area (Å²) >= 11 is 0. The minimum Gasteiger partial charge on any atom is -0.512 e. The van der Waals surface area contributed by atoms with Crippen LogP contribution in [0.2, 0.25) is 0 Å². The van der Waals surface area contributed by atoms with Crippen molar-refractivity contribution in [1.82, 2.24) is 9.97 Å². The molecule has 1 radical (unpaired) electrons. The third-order valence-corrected chi connectivity index (χ3v) is 4.30. The molecule has 1 N–H and O–H groups in total. The van der Waals surface area contributed by atoms with Crippen LogP contribution in [0.15, 0.2) is 58.8 Å². The zero-order valence-corrected chi connectivity index (χ0v) is 20.0. The van der Waals surface area contributed by atoms with E-state index in [9.17, 15) is 4.79 Å². The van der Waals surface area contributed by atoms with Crippen molar-refractivity contribution in [3.05, 3.63) is 71.8 Å². The number of carbonyl (C=O) groups excluding carboxylic acids is 1. The van der Waals surface area contributed by atoms with E-state index >= 15 is 0 Å². The summed E-state index contributed by atoms with van der Waals surface area (Å²) in [6.45, 7) is 4.19. The summed E-state index contributed by atoms with van der Waals surface area (Å²) in [5.41, 5.74) is 2.96. The van der Waals surface area contributed by atoms with Crippen LogP contribution in [-0.4, -0.2) is 20.9 Å². The second kappa shape index (κ2) is 10.5. The first-order chi connectivity index (χ1) is 15.8. The number of aliphatic hydroxyl groups is 1. The maximum Gasteiger partial charge on any atom is 0.216 e. The zero-order chi connectivity index (χ0) is 25.3. The van der Waals surface area contributed by atoms with E-state index in [1.54, 1.807) is 18.3 Å². The number of nitrogens with zero attached hydrogens (tertiary/aromatic N) is 2. The van der Waals surface area contributed by atoms with Gasteiger partial charge in [-0.2, -0.15) is 0 Å². The van der Waals surface area contributed by atoms with E-state index in [4.69, 9.17) is 15.0 Å². The molecular weight excluding hydrogens is 569 g/mol. The molecule has 0 bridgehead atoms. The molecule has 4 aromatic rings. The Labute approximate surface area is 201 Å². The quantitative estimate of drug-likeness (QED) is 0.170.